The molecule has 1 aromatic carbocycles. The van der Waals surface area contributed by atoms with Crippen LogP contribution in [0.5, 0.6) is 0 Å². The summed E-state index contributed by atoms with van der Waals surface area (Å²) in [6.07, 6.45) is 6.52. The molecule has 136 valence electrons. The van der Waals surface area contributed by atoms with Crippen LogP contribution in [0.15, 0.2) is 18.2 Å². The zero-order chi connectivity index (χ0) is 17.8. The minimum Gasteiger partial charge on any atom is -0.342 e. The Bertz CT molecular complexity index is 636. The van der Waals surface area contributed by atoms with Crippen molar-refractivity contribution in [2.24, 2.45) is 11.8 Å². The summed E-state index contributed by atoms with van der Waals surface area (Å²) in [7, 11) is 0. The predicted octanol–water partition coefficient (Wildman–Crippen LogP) is 4.75. The second-order valence-electron chi connectivity index (χ2n) is 7.05. The van der Waals surface area contributed by atoms with Gasteiger partial charge < -0.3 is 10.2 Å². The highest BCUT2D eigenvalue weighted by molar-refractivity contribution is 6.35. The average molecular weight is 383 g/mol. The molecule has 0 aromatic heterocycles. The number of nitrogens with one attached hydrogen (secondary N) is 1. The lowest BCUT2D eigenvalue weighted by Crippen LogP contribution is -2.41. The lowest BCUT2D eigenvalue weighted by Gasteiger charge is -2.33. The third-order valence-corrected chi connectivity index (χ3v) is 5.87. The van der Waals surface area contributed by atoms with E-state index in [1.807, 2.05) is 4.90 Å². The lowest BCUT2D eigenvalue weighted by molar-refractivity contribution is -0.138. The molecule has 1 aromatic rings. The second-order valence-corrected chi connectivity index (χ2v) is 7.89. The van der Waals surface area contributed by atoms with Crippen molar-refractivity contribution in [2.45, 2.75) is 44.9 Å². The van der Waals surface area contributed by atoms with Crippen molar-refractivity contribution in [2.75, 3.05) is 18.4 Å². The van der Waals surface area contributed by atoms with Crippen LogP contribution in [0.3, 0.4) is 0 Å². The number of piperidine rings is 1. The molecule has 2 aliphatic rings. The van der Waals surface area contributed by atoms with Gasteiger partial charge in [-0.1, -0.05) is 23.2 Å². The van der Waals surface area contributed by atoms with Crippen molar-refractivity contribution < 1.29 is 9.59 Å². The second kappa shape index (κ2) is 8.41. The molecule has 3 rings (SSSR count). The van der Waals surface area contributed by atoms with Crippen LogP contribution in [-0.4, -0.2) is 29.8 Å². The van der Waals surface area contributed by atoms with Crippen LogP contribution in [0.4, 0.5) is 5.69 Å². The van der Waals surface area contributed by atoms with Gasteiger partial charge in [-0.15, -0.1) is 0 Å². The van der Waals surface area contributed by atoms with Gasteiger partial charge in [0.25, 0.3) is 0 Å². The van der Waals surface area contributed by atoms with Crippen LogP contribution in [0.25, 0.3) is 0 Å². The van der Waals surface area contributed by atoms with Crippen molar-refractivity contribution in [3.05, 3.63) is 28.2 Å². The van der Waals surface area contributed by atoms with E-state index in [2.05, 4.69) is 5.32 Å². The molecule has 1 heterocycles. The smallest absolute Gasteiger partial charge is 0.227 e. The Morgan fingerprint density at radius 3 is 2.28 bits per heavy atom. The highest BCUT2D eigenvalue weighted by Gasteiger charge is 2.32. The summed E-state index contributed by atoms with van der Waals surface area (Å²) < 4.78 is 0. The van der Waals surface area contributed by atoms with Gasteiger partial charge in [0.1, 0.15) is 0 Å². The molecule has 4 nitrogen and oxygen atoms in total. The van der Waals surface area contributed by atoms with E-state index in [0.717, 1.165) is 51.6 Å². The quantitative estimate of drug-likeness (QED) is 0.819. The van der Waals surface area contributed by atoms with Crippen molar-refractivity contribution >= 4 is 40.7 Å². The molecule has 0 spiro atoms. The molecule has 2 amide bonds. The van der Waals surface area contributed by atoms with Gasteiger partial charge >= 0.3 is 0 Å². The Labute approximate surface area is 158 Å². The van der Waals surface area contributed by atoms with Gasteiger partial charge in [-0.05, 0) is 63.1 Å². The first-order chi connectivity index (χ1) is 12.0. The molecule has 0 radical (unpaired) electrons. The van der Waals surface area contributed by atoms with E-state index in [9.17, 15) is 9.59 Å². The molecule has 1 aliphatic heterocycles. The summed E-state index contributed by atoms with van der Waals surface area (Å²) in [4.78, 5) is 27.1. The van der Waals surface area contributed by atoms with Gasteiger partial charge in [0.2, 0.25) is 11.8 Å². The number of nitrogens with zero attached hydrogens (tertiary/aromatic N) is 1. The number of hydrogen-bond donors (Lipinski definition) is 1. The van der Waals surface area contributed by atoms with Crippen LogP contribution in [0.1, 0.15) is 44.9 Å². The number of hydrogen-bond acceptors (Lipinski definition) is 2. The van der Waals surface area contributed by atoms with Gasteiger partial charge in [0, 0.05) is 29.9 Å². The number of halogens is 2. The molecule has 1 N–H and O–H groups in total. The number of likely N-dealkylation sites (tertiary alicyclic amines) is 1. The molecule has 6 heteroatoms. The SMILES string of the molecule is O=C(Nc1cc(Cl)ccc1Cl)C1CCC(C(=O)N2CCCCC2)CC1. The highest BCUT2D eigenvalue weighted by Crippen LogP contribution is 2.33. The Balaban J connectivity index is 1.52. The highest BCUT2D eigenvalue weighted by atomic mass is 35.5. The molecule has 1 aliphatic carbocycles. The van der Waals surface area contributed by atoms with Gasteiger partial charge in [-0.2, -0.15) is 0 Å². The van der Waals surface area contributed by atoms with Crippen LogP contribution >= 0.6 is 23.2 Å². The Morgan fingerprint density at radius 1 is 0.960 bits per heavy atom. The normalized spacial score (nSPS) is 24.0. The van der Waals surface area contributed by atoms with E-state index >= 15 is 0 Å². The van der Waals surface area contributed by atoms with Crippen LogP contribution in [-0.2, 0) is 9.59 Å². The van der Waals surface area contributed by atoms with Crippen molar-refractivity contribution in [3.8, 4) is 0 Å². The Morgan fingerprint density at radius 2 is 1.60 bits per heavy atom. The van der Waals surface area contributed by atoms with E-state index in [1.165, 1.54) is 6.42 Å². The fourth-order valence-corrected chi connectivity index (χ4v) is 4.14. The number of carbonyl (C=O) groups excluding carboxylic acids is 2. The summed E-state index contributed by atoms with van der Waals surface area (Å²) in [6.45, 7) is 1.79. The molecular formula is C19H24Cl2N2O2. The zero-order valence-electron chi connectivity index (χ0n) is 14.3. The van der Waals surface area contributed by atoms with Gasteiger partial charge in [0.15, 0.2) is 0 Å². The standard InChI is InChI=1S/C19H24Cl2N2O2/c20-15-8-9-16(21)17(12-15)22-18(24)13-4-6-14(7-5-13)19(25)23-10-2-1-3-11-23/h8-9,12-14H,1-7,10-11H2,(H,22,24). The van der Waals surface area contributed by atoms with E-state index < -0.39 is 0 Å². The predicted molar refractivity (Wildman–Crippen MR) is 101 cm³/mol. The third-order valence-electron chi connectivity index (χ3n) is 5.30. The van der Waals surface area contributed by atoms with Crippen LogP contribution < -0.4 is 5.32 Å². The van der Waals surface area contributed by atoms with E-state index in [1.54, 1.807) is 18.2 Å². The maximum atomic E-state index is 12.6. The first-order valence-corrected chi connectivity index (χ1v) is 9.85. The van der Waals surface area contributed by atoms with Crippen LogP contribution in [0.2, 0.25) is 10.0 Å². The lowest BCUT2D eigenvalue weighted by atomic mass is 9.80. The first-order valence-electron chi connectivity index (χ1n) is 9.09. The fraction of sp³-hybridized carbons (Fsp3) is 0.579. The maximum Gasteiger partial charge on any atom is 0.227 e. The molecule has 0 atom stereocenters. The monoisotopic (exact) mass is 382 g/mol. The molecule has 0 bridgehead atoms. The number of amides is 2. The van der Waals surface area contributed by atoms with E-state index in [4.69, 9.17) is 23.2 Å². The summed E-state index contributed by atoms with van der Waals surface area (Å²) in [6, 6.07) is 5.03. The van der Waals surface area contributed by atoms with Crippen molar-refractivity contribution in [3.63, 3.8) is 0 Å². The third kappa shape index (κ3) is 4.68. The number of carbonyl (C=O) groups is 2. The summed E-state index contributed by atoms with van der Waals surface area (Å²) in [5.41, 5.74) is 0.547. The maximum absolute atomic E-state index is 12.6. The van der Waals surface area contributed by atoms with Crippen LogP contribution in [0, 0.1) is 11.8 Å². The van der Waals surface area contributed by atoms with E-state index in [-0.39, 0.29) is 23.7 Å². The summed E-state index contributed by atoms with van der Waals surface area (Å²) in [5.74, 6) is 0.266. The van der Waals surface area contributed by atoms with E-state index in [0.29, 0.717) is 15.7 Å². The van der Waals surface area contributed by atoms with Gasteiger partial charge in [-0.25, -0.2) is 0 Å². The summed E-state index contributed by atoms with van der Waals surface area (Å²) >= 11 is 12.1. The van der Waals surface area contributed by atoms with Gasteiger partial charge in [0.05, 0.1) is 10.7 Å². The largest absolute Gasteiger partial charge is 0.342 e. The molecule has 1 saturated heterocycles. The minimum absolute atomic E-state index is 0.0342. The van der Waals surface area contributed by atoms with Crippen molar-refractivity contribution in [1.82, 2.24) is 4.90 Å². The zero-order valence-corrected chi connectivity index (χ0v) is 15.8. The topological polar surface area (TPSA) is 49.4 Å². The average Bonchev–Trinajstić information content (AvgIpc) is 2.65. The number of anilines is 1. The number of rotatable bonds is 3. The Hall–Kier alpha value is -1.26. The summed E-state index contributed by atoms with van der Waals surface area (Å²) in [5, 5.41) is 3.89. The Kier molecular flexibility index (Phi) is 6.24. The molecule has 0 unspecified atom stereocenters. The first kappa shape index (κ1) is 18.5. The number of benzene rings is 1. The fourth-order valence-electron chi connectivity index (χ4n) is 3.80. The molecule has 2 fully saturated rings. The molecular weight excluding hydrogens is 359 g/mol. The van der Waals surface area contributed by atoms with Crippen molar-refractivity contribution in [1.29, 1.82) is 0 Å². The van der Waals surface area contributed by atoms with Gasteiger partial charge in [-0.3, -0.25) is 9.59 Å². The molecule has 25 heavy (non-hydrogen) atoms. The minimum atomic E-state index is -0.0690. The molecule has 1 saturated carbocycles.